The molecule has 0 aromatic heterocycles. The Hall–Kier alpha value is -1.19. The van der Waals surface area contributed by atoms with Gasteiger partial charge in [0.25, 0.3) is 0 Å². The SMILES string of the molecule is C/C=C\OC(NC(=O)OC(C)(C)C)C1CCCCC1. The summed E-state index contributed by atoms with van der Waals surface area (Å²) in [5, 5.41) is 2.84. The lowest BCUT2D eigenvalue weighted by Crippen LogP contribution is -2.44. The molecule has 0 heterocycles. The van der Waals surface area contributed by atoms with Crippen LogP contribution in [0.1, 0.15) is 59.8 Å². The van der Waals surface area contributed by atoms with Gasteiger partial charge in [-0.1, -0.05) is 25.3 Å². The van der Waals surface area contributed by atoms with Crippen LogP contribution in [0.5, 0.6) is 0 Å². The monoisotopic (exact) mass is 269 g/mol. The number of amides is 1. The molecule has 1 aliphatic carbocycles. The summed E-state index contributed by atoms with van der Waals surface area (Å²) in [5.74, 6) is 0.373. The second-order valence-electron chi connectivity index (χ2n) is 6.07. The third-order valence-corrected chi connectivity index (χ3v) is 3.10. The first-order valence-corrected chi connectivity index (χ1v) is 7.18. The number of carbonyl (C=O) groups excluding carboxylic acids is 1. The zero-order valence-electron chi connectivity index (χ0n) is 12.6. The van der Waals surface area contributed by atoms with E-state index >= 15 is 0 Å². The predicted octanol–water partition coefficient (Wildman–Crippen LogP) is 3.97. The highest BCUT2D eigenvalue weighted by Crippen LogP contribution is 2.27. The average molecular weight is 269 g/mol. The van der Waals surface area contributed by atoms with Crippen LogP contribution in [0.15, 0.2) is 12.3 Å². The third kappa shape index (κ3) is 6.50. The van der Waals surface area contributed by atoms with Crippen LogP contribution >= 0.6 is 0 Å². The van der Waals surface area contributed by atoms with E-state index in [4.69, 9.17) is 9.47 Å². The van der Waals surface area contributed by atoms with E-state index in [-0.39, 0.29) is 6.23 Å². The van der Waals surface area contributed by atoms with Crippen LogP contribution in [-0.2, 0) is 9.47 Å². The van der Waals surface area contributed by atoms with E-state index < -0.39 is 11.7 Å². The van der Waals surface area contributed by atoms with E-state index in [1.807, 2.05) is 33.8 Å². The van der Waals surface area contributed by atoms with Crippen LogP contribution in [-0.4, -0.2) is 17.9 Å². The van der Waals surface area contributed by atoms with Gasteiger partial charge in [-0.25, -0.2) is 4.79 Å². The Morgan fingerprint density at radius 3 is 2.42 bits per heavy atom. The van der Waals surface area contributed by atoms with Crippen molar-refractivity contribution >= 4 is 6.09 Å². The van der Waals surface area contributed by atoms with Gasteiger partial charge in [0.1, 0.15) is 5.60 Å². The van der Waals surface area contributed by atoms with E-state index in [9.17, 15) is 4.79 Å². The number of allylic oxidation sites excluding steroid dienone is 1. The van der Waals surface area contributed by atoms with E-state index in [1.54, 1.807) is 6.26 Å². The summed E-state index contributed by atoms with van der Waals surface area (Å²) in [5.41, 5.74) is -0.484. The normalized spacial score (nSPS) is 19.2. The van der Waals surface area contributed by atoms with Gasteiger partial charge in [0.05, 0.1) is 6.26 Å². The molecule has 0 saturated heterocycles. The van der Waals surface area contributed by atoms with Crippen molar-refractivity contribution in [1.29, 1.82) is 0 Å². The molecule has 0 spiro atoms. The molecule has 1 aliphatic rings. The van der Waals surface area contributed by atoms with Gasteiger partial charge in [0.2, 0.25) is 0 Å². The van der Waals surface area contributed by atoms with Gasteiger partial charge in [0, 0.05) is 5.92 Å². The molecule has 1 N–H and O–H groups in total. The maximum Gasteiger partial charge on any atom is 0.410 e. The highest BCUT2D eigenvalue weighted by molar-refractivity contribution is 5.67. The van der Waals surface area contributed by atoms with Crippen LogP contribution in [0, 0.1) is 5.92 Å². The Balaban J connectivity index is 2.55. The molecule has 1 rings (SSSR count). The Labute approximate surface area is 116 Å². The van der Waals surface area contributed by atoms with E-state index in [1.165, 1.54) is 19.3 Å². The van der Waals surface area contributed by atoms with Crippen LogP contribution in [0.25, 0.3) is 0 Å². The van der Waals surface area contributed by atoms with Gasteiger partial charge in [-0.05, 0) is 40.5 Å². The number of ether oxygens (including phenoxy) is 2. The van der Waals surface area contributed by atoms with E-state index in [2.05, 4.69) is 5.32 Å². The summed E-state index contributed by atoms with van der Waals surface area (Å²) in [4.78, 5) is 11.8. The zero-order valence-corrected chi connectivity index (χ0v) is 12.6. The van der Waals surface area contributed by atoms with Gasteiger partial charge < -0.3 is 9.47 Å². The average Bonchev–Trinajstić information content (AvgIpc) is 2.33. The van der Waals surface area contributed by atoms with Crippen LogP contribution in [0.2, 0.25) is 0 Å². The van der Waals surface area contributed by atoms with Gasteiger partial charge in [-0.3, -0.25) is 5.32 Å². The van der Waals surface area contributed by atoms with Crippen LogP contribution < -0.4 is 5.32 Å². The van der Waals surface area contributed by atoms with Crippen molar-refractivity contribution in [2.24, 2.45) is 5.92 Å². The highest BCUT2D eigenvalue weighted by Gasteiger charge is 2.27. The molecule has 1 atom stereocenters. The first kappa shape index (κ1) is 15.9. The minimum Gasteiger partial charge on any atom is -0.478 e. The number of carbonyl (C=O) groups is 1. The lowest BCUT2D eigenvalue weighted by molar-refractivity contribution is 0.00913. The Morgan fingerprint density at radius 1 is 1.26 bits per heavy atom. The maximum atomic E-state index is 11.8. The Kier molecular flexibility index (Phi) is 6.19. The number of rotatable bonds is 4. The molecule has 1 saturated carbocycles. The minimum atomic E-state index is -0.484. The smallest absolute Gasteiger partial charge is 0.410 e. The summed E-state index contributed by atoms with van der Waals surface area (Å²) < 4.78 is 10.9. The fourth-order valence-electron chi connectivity index (χ4n) is 2.29. The summed E-state index contributed by atoms with van der Waals surface area (Å²) in [6.07, 6.45) is 8.64. The van der Waals surface area contributed by atoms with Crippen molar-refractivity contribution in [2.75, 3.05) is 0 Å². The molecule has 0 aromatic rings. The molecule has 0 bridgehead atoms. The Bertz CT molecular complexity index is 301. The predicted molar refractivity (Wildman–Crippen MR) is 75.6 cm³/mol. The minimum absolute atomic E-state index is 0.286. The summed E-state index contributed by atoms with van der Waals surface area (Å²) in [7, 11) is 0. The topological polar surface area (TPSA) is 47.6 Å². The van der Waals surface area contributed by atoms with Crippen molar-refractivity contribution in [2.45, 2.75) is 71.6 Å². The zero-order chi connectivity index (χ0) is 14.3. The largest absolute Gasteiger partial charge is 0.478 e. The van der Waals surface area contributed by atoms with Crippen molar-refractivity contribution in [3.63, 3.8) is 0 Å². The number of nitrogens with one attached hydrogen (secondary N) is 1. The number of hydrogen-bond acceptors (Lipinski definition) is 3. The fraction of sp³-hybridized carbons (Fsp3) is 0.800. The second-order valence-corrected chi connectivity index (χ2v) is 6.07. The van der Waals surface area contributed by atoms with E-state index in [0.717, 1.165) is 12.8 Å². The molecule has 4 heteroatoms. The molecule has 1 unspecified atom stereocenters. The van der Waals surface area contributed by atoms with Gasteiger partial charge in [0.15, 0.2) is 6.23 Å². The lowest BCUT2D eigenvalue weighted by Gasteiger charge is -2.31. The van der Waals surface area contributed by atoms with Crippen molar-refractivity contribution in [1.82, 2.24) is 5.32 Å². The third-order valence-electron chi connectivity index (χ3n) is 3.10. The molecule has 110 valence electrons. The molecule has 0 radical (unpaired) electrons. The molecule has 4 nitrogen and oxygen atoms in total. The molecule has 1 amide bonds. The molecular formula is C15H27NO3. The number of alkyl carbamates (subject to hydrolysis) is 1. The van der Waals surface area contributed by atoms with Gasteiger partial charge >= 0.3 is 6.09 Å². The molecule has 0 aromatic carbocycles. The van der Waals surface area contributed by atoms with Crippen molar-refractivity contribution < 1.29 is 14.3 Å². The fourth-order valence-corrected chi connectivity index (χ4v) is 2.29. The molecule has 19 heavy (non-hydrogen) atoms. The van der Waals surface area contributed by atoms with Gasteiger partial charge in [-0.2, -0.15) is 0 Å². The Morgan fingerprint density at radius 2 is 1.89 bits per heavy atom. The molecule has 1 fully saturated rings. The van der Waals surface area contributed by atoms with Crippen LogP contribution in [0.4, 0.5) is 4.79 Å². The second kappa shape index (κ2) is 7.41. The lowest BCUT2D eigenvalue weighted by atomic mass is 9.88. The summed E-state index contributed by atoms with van der Waals surface area (Å²) in [6.45, 7) is 7.46. The highest BCUT2D eigenvalue weighted by atomic mass is 16.6. The van der Waals surface area contributed by atoms with Gasteiger partial charge in [-0.15, -0.1) is 0 Å². The summed E-state index contributed by atoms with van der Waals surface area (Å²) in [6, 6.07) is 0. The first-order valence-electron chi connectivity index (χ1n) is 7.18. The molecule has 0 aliphatic heterocycles. The van der Waals surface area contributed by atoms with Crippen molar-refractivity contribution in [3.05, 3.63) is 12.3 Å². The molecular weight excluding hydrogens is 242 g/mol. The van der Waals surface area contributed by atoms with Crippen LogP contribution in [0.3, 0.4) is 0 Å². The summed E-state index contributed by atoms with van der Waals surface area (Å²) >= 11 is 0. The van der Waals surface area contributed by atoms with Crippen molar-refractivity contribution in [3.8, 4) is 0 Å². The standard InChI is InChI=1S/C15H27NO3/c1-5-11-18-13(12-9-7-6-8-10-12)16-14(17)19-15(2,3)4/h5,11-13H,6-10H2,1-4H3,(H,16,17)/b11-5-. The maximum absolute atomic E-state index is 11.8. The number of hydrogen-bond donors (Lipinski definition) is 1. The van der Waals surface area contributed by atoms with E-state index in [0.29, 0.717) is 5.92 Å². The first-order chi connectivity index (χ1) is 8.92. The quantitative estimate of drug-likeness (QED) is 0.620.